The molecule has 0 atom stereocenters. The number of hydrogen-bond donors (Lipinski definition) is 2. The van der Waals surface area contributed by atoms with E-state index in [4.69, 9.17) is 0 Å². The van der Waals surface area contributed by atoms with Gasteiger partial charge in [-0.25, -0.2) is 4.98 Å². The zero-order chi connectivity index (χ0) is 20.5. The molecule has 0 bridgehead atoms. The highest BCUT2D eigenvalue weighted by Gasteiger charge is 2.22. The number of aldehydes is 1. The summed E-state index contributed by atoms with van der Waals surface area (Å²) < 4.78 is 0. The Kier molecular flexibility index (Phi) is 5.34. The van der Waals surface area contributed by atoms with Gasteiger partial charge in [0.05, 0.1) is 11.3 Å². The smallest absolute Gasteiger partial charge is 0.263 e. The summed E-state index contributed by atoms with van der Waals surface area (Å²) in [5.41, 5.74) is 1.88. The number of carbonyl (C=O) groups is 2. The molecule has 2 aromatic carbocycles. The first-order chi connectivity index (χ1) is 14.0. The van der Waals surface area contributed by atoms with Crippen LogP contribution in [-0.4, -0.2) is 53.4 Å². The molecule has 4 rings (SSSR count). The van der Waals surface area contributed by atoms with Gasteiger partial charge in [0.25, 0.3) is 5.91 Å². The SMILES string of the molecule is Cc1nc(-c2ccc3c(C=O)c(O)ccc3c2)sc1C(=O)NC1CCN(C)CC1. The molecule has 1 aromatic heterocycles. The number of phenols is 1. The summed E-state index contributed by atoms with van der Waals surface area (Å²) in [5, 5.41) is 15.3. The second-order valence-corrected chi connectivity index (χ2v) is 8.54. The summed E-state index contributed by atoms with van der Waals surface area (Å²) >= 11 is 1.38. The van der Waals surface area contributed by atoms with E-state index in [0.29, 0.717) is 16.5 Å². The van der Waals surface area contributed by atoms with Crippen molar-refractivity contribution in [2.75, 3.05) is 20.1 Å². The Morgan fingerprint density at radius 3 is 2.76 bits per heavy atom. The van der Waals surface area contributed by atoms with Gasteiger partial charge >= 0.3 is 0 Å². The first-order valence-corrected chi connectivity index (χ1v) is 10.5. The maximum Gasteiger partial charge on any atom is 0.263 e. The van der Waals surface area contributed by atoms with Gasteiger partial charge in [-0.1, -0.05) is 18.2 Å². The van der Waals surface area contributed by atoms with Gasteiger partial charge in [-0.2, -0.15) is 0 Å². The number of nitrogens with zero attached hydrogens (tertiary/aromatic N) is 2. The molecule has 0 unspecified atom stereocenters. The average Bonchev–Trinajstić information content (AvgIpc) is 3.11. The van der Waals surface area contributed by atoms with Crippen molar-refractivity contribution < 1.29 is 14.7 Å². The lowest BCUT2D eigenvalue weighted by atomic mass is 10.0. The lowest BCUT2D eigenvalue weighted by Gasteiger charge is -2.29. The van der Waals surface area contributed by atoms with Crippen LogP contribution in [0.3, 0.4) is 0 Å². The van der Waals surface area contributed by atoms with Crippen LogP contribution >= 0.6 is 11.3 Å². The van der Waals surface area contributed by atoms with Crippen molar-refractivity contribution in [3.05, 3.63) is 46.5 Å². The normalized spacial score (nSPS) is 15.5. The van der Waals surface area contributed by atoms with E-state index in [2.05, 4.69) is 22.2 Å². The minimum atomic E-state index is -0.0604. The molecule has 29 heavy (non-hydrogen) atoms. The van der Waals surface area contributed by atoms with Crippen LogP contribution in [0.5, 0.6) is 5.75 Å². The van der Waals surface area contributed by atoms with Gasteiger partial charge in [-0.3, -0.25) is 9.59 Å². The highest BCUT2D eigenvalue weighted by Crippen LogP contribution is 2.33. The summed E-state index contributed by atoms with van der Waals surface area (Å²) in [4.78, 5) is 31.6. The minimum Gasteiger partial charge on any atom is -0.507 e. The monoisotopic (exact) mass is 409 g/mol. The van der Waals surface area contributed by atoms with Crippen LogP contribution in [0, 0.1) is 6.92 Å². The molecule has 1 amide bonds. The molecule has 150 valence electrons. The van der Waals surface area contributed by atoms with Crippen LogP contribution in [0.1, 0.15) is 38.6 Å². The predicted molar refractivity (Wildman–Crippen MR) is 115 cm³/mol. The second-order valence-electron chi connectivity index (χ2n) is 7.54. The fourth-order valence-electron chi connectivity index (χ4n) is 3.73. The van der Waals surface area contributed by atoms with E-state index in [-0.39, 0.29) is 23.3 Å². The molecule has 7 heteroatoms. The van der Waals surface area contributed by atoms with Gasteiger partial charge in [-0.15, -0.1) is 11.3 Å². The zero-order valence-corrected chi connectivity index (χ0v) is 17.3. The van der Waals surface area contributed by atoms with Crippen molar-refractivity contribution in [3.63, 3.8) is 0 Å². The Labute approximate surface area is 173 Å². The number of benzene rings is 2. The van der Waals surface area contributed by atoms with Gasteiger partial charge in [0.2, 0.25) is 0 Å². The molecule has 2 N–H and O–H groups in total. The molecule has 1 saturated heterocycles. The van der Waals surface area contributed by atoms with E-state index >= 15 is 0 Å². The molecular formula is C22H23N3O3S. The second kappa shape index (κ2) is 7.93. The molecule has 0 saturated carbocycles. The average molecular weight is 410 g/mol. The van der Waals surface area contributed by atoms with Crippen molar-refractivity contribution >= 4 is 34.3 Å². The Bertz CT molecular complexity index is 1080. The molecule has 1 fully saturated rings. The molecule has 6 nitrogen and oxygen atoms in total. The predicted octanol–water partition coefficient (Wildman–Crippen LogP) is 3.61. The van der Waals surface area contributed by atoms with Crippen molar-refractivity contribution in [3.8, 4) is 16.3 Å². The standard InChI is InChI=1S/C22H23N3O3S/c1-13-20(21(28)24-16-7-9-25(2)10-8-16)29-22(23-13)15-3-5-17-14(11-15)4-6-19(27)18(17)12-26/h3-6,11-12,16,27H,7-10H2,1-2H3,(H,24,28). The van der Waals surface area contributed by atoms with Gasteiger partial charge in [0, 0.05) is 11.6 Å². The fraction of sp³-hybridized carbons (Fsp3) is 0.318. The number of nitrogens with one attached hydrogen (secondary N) is 1. The lowest BCUT2D eigenvalue weighted by molar-refractivity contribution is 0.0920. The summed E-state index contributed by atoms with van der Waals surface area (Å²) in [7, 11) is 2.10. The number of aromatic hydroxyl groups is 1. The summed E-state index contributed by atoms with van der Waals surface area (Å²) in [5.74, 6) is -0.0898. The number of hydrogen-bond acceptors (Lipinski definition) is 6. The van der Waals surface area contributed by atoms with Crippen LogP contribution in [0.4, 0.5) is 0 Å². The Morgan fingerprint density at radius 2 is 2.03 bits per heavy atom. The third-order valence-corrected chi connectivity index (χ3v) is 6.67. The minimum absolute atomic E-state index is 0.0294. The van der Waals surface area contributed by atoms with E-state index in [1.54, 1.807) is 6.07 Å². The quantitative estimate of drug-likeness (QED) is 0.643. The largest absolute Gasteiger partial charge is 0.507 e. The Hall–Kier alpha value is -2.77. The van der Waals surface area contributed by atoms with Crippen LogP contribution in [-0.2, 0) is 0 Å². The summed E-state index contributed by atoms with van der Waals surface area (Å²) in [6, 6.07) is 9.10. The molecule has 1 aliphatic heterocycles. The number of aromatic nitrogens is 1. The molecule has 0 aliphatic carbocycles. The van der Waals surface area contributed by atoms with E-state index in [1.165, 1.54) is 17.4 Å². The molecule has 1 aliphatic rings. The van der Waals surface area contributed by atoms with Gasteiger partial charge < -0.3 is 15.3 Å². The number of thiazole rings is 1. The summed E-state index contributed by atoms with van der Waals surface area (Å²) in [6.45, 7) is 3.84. The number of amides is 1. The highest BCUT2D eigenvalue weighted by molar-refractivity contribution is 7.17. The number of fused-ring (bicyclic) bond motifs is 1. The molecule has 0 radical (unpaired) electrons. The van der Waals surface area contributed by atoms with Gasteiger partial charge in [-0.05, 0) is 62.8 Å². The Balaban J connectivity index is 1.59. The number of phenolic OH excluding ortho intramolecular Hbond substituents is 1. The van der Waals surface area contributed by atoms with Crippen molar-refractivity contribution in [1.29, 1.82) is 0 Å². The number of rotatable bonds is 4. The van der Waals surface area contributed by atoms with E-state index in [0.717, 1.165) is 47.6 Å². The third-order valence-electron chi connectivity index (χ3n) is 5.46. The number of carbonyl (C=O) groups excluding carboxylic acids is 2. The van der Waals surface area contributed by atoms with Crippen LogP contribution in [0.2, 0.25) is 0 Å². The van der Waals surface area contributed by atoms with Crippen LogP contribution in [0.15, 0.2) is 30.3 Å². The highest BCUT2D eigenvalue weighted by atomic mass is 32.1. The number of aryl methyl sites for hydroxylation is 1. The topological polar surface area (TPSA) is 82.5 Å². The van der Waals surface area contributed by atoms with Gasteiger partial charge in [0.1, 0.15) is 15.6 Å². The third kappa shape index (κ3) is 3.88. The first-order valence-electron chi connectivity index (χ1n) is 9.64. The van der Waals surface area contributed by atoms with E-state index < -0.39 is 0 Å². The molecule has 0 spiro atoms. The Morgan fingerprint density at radius 1 is 1.28 bits per heavy atom. The maximum atomic E-state index is 12.8. The first kappa shape index (κ1) is 19.5. The summed E-state index contributed by atoms with van der Waals surface area (Å²) in [6.07, 6.45) is 2.59. The maximum absolute atomic E-state index is 12.8. The van der Waals surface area contributed by atoms with Crippen LogP contribution in [0.25, 0.3) is 21.3 Å². The lowest BCUT2D eigenvalue weighted by Crippen LogP contribution is -2.43. The number of likely N-dealkylation sites (tertiary alicyclic amines) is 1. The molecular weight excluding hydrogens is 386 g/mol. The number of piperidine rings is 1. The van der Waals surface area contributed by atoms with Crippen molar-refractivity contribution in [2.24, 2.45) is 0 Å². The van der Waals surface area contributed by atoms with Gasteiger partial charge in [0.15, 0.2) is 6.29 Å². The van der Waals surface area contributed by atoms with Crippen molar-refractivity contribution in [2.45, 2.75) is 25.8 Å². The zero-order valence-electron chi connectivity index (χ0n) is 16.4. The van der Waals surface area contributed by atoms with Crippen molar-refractivity contribution in [1.82, 2.24) is 15.2 Å². The fourth-order valence-corrected chi connectivity index (χ4v) is 4.70. The van der Waals surface area contributed by atoms with Crippen LogP contribution < -0.4 is 5.32 Å². The molecule has 3 aromatic rings. The molecule has 2 heterocycles. The van der Waals surface area contributed by atoms with E-state index in [9.17, 15) is 14.7 Å². The van der Waals surface area contributed by atoms with E-state index in [1.807, 2.05) is 25.1 Å².